The number of aryl methyl sites for hydroxylation is 1. The summed E-state index contributed by atoms with van der Waals surface area (Å²) in [5.74, 6) is -2.24. The second kappa shape index (κ2) is 5.85. The van der Waals surface area contributed by atoms with Gasteiger partial charge in [0.15, 0.2) is 11.5 Å². The quantitative estimate of drug-likeness (QED) is 0.230. The summed E-state index contributed by atoms with van der Waals surface area (Å²) in [5.41, 5.74) is 1.93. The summed E-state index contributed by atoms with van der Waals surface area (Å²) in [6.45, 7) is 1.97. The number of benzene rings is 2. The molecule has 2 rings (SSSR count). The molecule has 0 spiro atoms. The van der Waals surface area contributed by atoms with Crippen LogP contribution in [-0.2, 0) is 0 Å². The third-order valence-electron chi connectivity index (χ3n) is 3.01. The Labute approximate surface area is 127 Å². The summed E-state index contributed by atoms with van der Waals surface area (Å²) >= 11 is 5.25. The maximum atomic E-state index is 9.71. The number of hydrogen-bond acceptors (Lipinski definition) is 5. The molecule has 108 valence electrons. The van der Waals surface area contributed by atoms with Crippen molar-refractivity contribution in [2.75, 3.05) is 0 Å². The van der Waals surface area contributed by atoms with Crippen molar-refractivity contribution < 1.29 is 20.4 Å². The lowest BCUT2D eigenvalue weighted by Gasteiger charge is -2.07. The van der Waals surface area contributed by atoms with Gasteiger partial charge in [-0.15, -0.1) is 0 Å². The second-order valence-corrected chi connectivity index (χ2v) is 5.03. The molecular formula is C16H14O4S. The number of rotatable bonds is 3. The van der Waals surface area contributed by atoms with Gasteiger partial charge in [0.05, 0.1) is 5.56 Å². The highest BCUT2D eigenvalue weighted by Crippen LogP contribution is 2.43. The first-order valence-electron chi connectivity index (χ1n) is 6.16. The molecule has 0 aliphatic carbocycles. The maximum absolute atomic E-state index is 9.71. The molecule has 5 heteroatoms. The molecule has 0 amide bonds. The van der Waals surface area contributed by atoms with Crippen molar-refractivity contribution in [2.45, 2.75) is 6.92 Å². The molecule has 0 aliphatic heterocycles. The number of hydrogen-bond donors (Lipinski definition) is 4. The lowest BCUT2D eigenvalue weighted by atomic mass is 10.1. The Hall–Kier alpha value is -2.53. The predicted octanol–water partition coefficient (Wildman–Crippen LogP) is 3.25. The highest BCUT2D eigenvalue weighted by molar-refractivity contribution is 7.81. The van der Waals surface area contributed by atoms with E-state index in [2.05, 4.69) is 0 Å². The monoisotopic (exact) mass is 302 g/mol. The van der Waals surface area contributed by atoms with Gasteiger partial charge in [-0.3, -0.25) is 0 Å². The summed E-state index contributed by atoms with van der Waals surface area (Å²) < 4.78 is 0. The lowest BCUT2D eigenvalue weighted by Crippen LogP contribution is -1.92. The number of phenolic OH excluding ortho intramolecular Hbond substituents is 4. The Morgan fingerprint density at radius 2 is 1.57 bits per heavy atom. The molecule has 4 nitrogen and oxygen atoms in total. The fourth-order valence-electron chi connectivity index (χ4n) is 1.78. The van der Waals surface area contributed by atoms with Crippen LogP contribution in [0.5, 0.6) is 23.0 Å². The Kier molecular flexibility index (Phi) is 4.14. The van der Waals surface area contributed by atoms with E-state index in [1.165, 1.54) is 12.2 Å². The lowest BCUT2D eigenvalue weighted by molar-refractivity contribution is 0.360. The molecule has 2 aromatic carbocycles. The standard InChI is InChI=1S/C16H14O4S/c1-9-2-4-10(5-3-9)14(21)7-6-11-12(17)8-13(18)16(20)15(11)19/h2-8,17-20H,1H3. The van der Waals surface area contributed by atoms with Crippen molar-refractivity contribution in [3.05, 3.63) is 53.1 Å². The minimum absolute atomic E-state index is 0.0141. The first-order valence-corrected chi connectivity index (χ1v) is 6.57. The van der Waals surface area contributed by atoms with E-state index in [4.69, 9.17) is 12.2 Å². The Bertz CT molecular complexity index is 718. The Morgan fingerprint density at radius 1 is 0.952 bits per heavy atom. The zero-order valence-corrected chi connectivity index (χ0v) is 12.1. The maximum Gasteiger partial charge on any atom is 0.201 e. The van der Waals surface area contributed by atoms with Crippen LogP contribution in [0.2, 0.25) is 0 Å². The molecule has 4 N–H and O–H groups in total. The average molecular weight is 302 g/mol. The van der Waals surface area contributed by atoms with E-state index in [0.29, 0.717) is 4.86 Å². The van der Waals surface area contributed by atoms with Gasteiger partial charge < -0.3 is 20.4 Å². The molecule has 0 fully saturated rings. The van der Waals surface area contributed by atoms with Gasteiger partial charge in [0.25, 0.3) is 0 Å². The molecule has 0 saturated heterocycles. The summed E-state index contributed by atoms with van der Waals surface area (Å²) in [7, 11) is 0. The fourth-order valence-corrected chi connectivity index (χ4v) is 1.99. The van der Waals surface area contributed by atoms with Gasteiger partial charge in [-0.05, 0) is 24.6 Å². The minimum atomic E-state index is -0.686. The first-order chi connectivity index (χ1) is 9.90. The van der Waals surface area contributed by atoms with Gasteiger partial charge in [-0.25, -0.2) is 0 Å². The Balaban J connectivity index is 2.32. The fraction of sp³-hybridized carbons (Fsp3) is 0.0625. The number of aromatic hydroxyl groups is 4. The molecule has 0 aromatic heterocycles. The molecule has 0 atom stereocenters. The van der Waals surface area contributed by atoms with Crippen LogP contribution in [0.25, 0.3) is 6.08 Å². The molecule has 2 aromatic rings. The largest absolute Gasteiger partial charge is 0.507 e. The zero-order valence-electron chi connectivity index (χ0n) is 11.2. The van der Waals surface area contributed by atoms with Crippen LogP contribution in [-0.4, -0.2) is 25.3 Å². The van der Waals surface area contributed by atoms with E-state index in [0.717, 1.165) is 17.2 Å². The summed E-state index contributed by atoms with van der Waals surface area (Å²) in [4.78, 5) is 0.515. The van der Waals surface area contributed by atoms with E-state index in [1.54, 1.807) is 0 Å². The van der Waals surface area contributed by atoms with E-state index >= 15 is 0 Å². The SMILES string of the molecule is Cc1ccc(C(=S)C=Cc2c(O)cc(O)c(O)c2O)cc1. The third-order valence-corrected chi connectivity index (χ3v) is 3.38. The van der Waals surface area contributed by atoms with Crippen molar-refractivity contribution in [2.24, 2.45) is 0 Å². The normalized spacial score (nSPS) is 10.9. The molecule has 0 radical (unpaired) electrons. The summed E-state index contributed by atoms with van der Waals surface area (Å²) in [5, 5.41) is 38.1. The molecule has 0 heterocycles. The topological polar surface area (TPSA) is 80.9 Å². The second-order valence-electron chi connectivity index (χ2n) is 4.59. The van der Waals surface area contributed by atoms with Crippen LogP contribution in [0.4, 0.5) is 0 Å². The average Bonchev–Trinajstić information content (AvgIpc) is 2.45. The smallest absolute Gasteiger partial charge is 0.201 e. The predicted molar refractivity (Wildman–Crippen MR) is 85.0 cm³/mol. The highest BCUT2D eigenvalue weighted by Gasteiger charge is 2.14. The molecule has 0 bridgehead atoms. The van der Waals surface area contributed by atoms with Crippen LogP contribution >= 0.6 is 12.2 Å². The van der Waals surface area contributed by atoms with Gasteiger partial charge in [0, 0.05) is 10.9 Å². The van der Waals surface area contributed by atoms with Gasteiger partial charge in [0.1, 0.15) is 5.75 Å². The van der Waals surface area contributed by atoms with Crippen molar-refractivity contribution in [3.63, 3.8) is 0 Å². The molecule has 0 aliphatic rings. The van der Waals surface area contributed by atoms with Crippen LogP contribution in [0, 0.1) is 6.92 Å². The molecule has 0 unspecified atom stereocenters. The van der Waals surface area contributed by atoms with Crippen molar-refractivity contribution in [1.29, 1.82) is 0 Å². The van der Waals surface area contributed by atoms with E-state index in [-0.39, 0.29) is 11.3 Å². The van der Waals surface area contributed by atoms with Crippen molar-refractivity contribution >= 4 is 23.2 Å². The van der Waals surface area contributed by atoms with Crippen LogP contribution in [0.1, 0.15) is 16.7 Å². The minimum Gasteiger partial charge on any atom is -0.507 e. The van der Waals surface area contributed by atoms with Gasteiger partial charge in [-0.2, -0.15) is 0 Å². The molecule has 0 saturated carbocycles. The Morgan fingerprint density at radius 3 is 2.19 bits per heavy atom. The van der Waals surface area contributed by atoms with E-state index in [9.17, 15) is 20.4 Å². The zero-order chi connectivity index (χ0) is 15.6. The van der Waals surface area contributed by atoms with Gasteiger partial charge in [-0.1, -0.05) is 42.0 Å². The van der Waals surface area contributed by atoms with Crippen molar-refractivity contribution in [3.8, 4) is 23.0 Å². The van der Waals surface area contributed by atoms with Crippen LogP contribution in [0.3, 0.4) is 0 Å². The molecule has 21 heavy (non-hydrogen) atoms. The summed E-state index contributed by atoms with van der Waals surface area (Å²) in [6, 6.07) is 8.54. The number of thiocarbonyl (C=S) groups is 1. The highest BCUT2D eigenvalue weighted by atomic mass is 32.1. The van der Waals surface area contributed by atoms with Crippen LogP contribution < -0.4 is 0 Å². The van der Waals surface area contributed by atoms with E-state index < -0.39 is 17.2 Å². The third kappa shape index (κ3) is 3.14. The van der Waals surface area contributed by atoms with Crippen LogP contribution in [0.15, 0.2) is 36.4 Å². The first kappa shape index (κ1) is 14.9. The number of phenols is 4. The summed E-state index contributed by atoms with van der Waals surface area (Å²) in [6.07, 6.45) is 2.91. The van der Waals surface area contributed by atoms with Gasteiger partial charge >= 0.3 is 0 Å². The molecular weight excluding hydrogens is 288 g/mol. The van der Waals surface area contributed by atoms with Gasteiger partial charge in [0.2, 0.25) is 5.75 Å². The van der Waals surface area contributed by atoms with E-state index in [1.807, 2.05) is 31.2 Å². The number of allylic oxidation sites excluding steroid dienone is 1. The van der Waals surface area contributed by atoms with Crippen molar-refractivity contribution in [1.82, 2.24) is 0 Å².